The van der Waals surface area contributed by atoms with Gasteiger partial charge in [0.25, 0.3) is 5.69 Å². The Hall–Kier alpha value is -2.54. The van der Waals surface area contributed by atoms with Crippen molar-refractivity contribution in [3.8, 4) is 0 Å². The summed E-state index contributed by atoms with van der Waals surface area (Å²) in [4.78, 5) is 22.8. The molecule has 3 aromatic rings. The lowest BCUT2D eigenvalue weighted by Crippen LogP contribution is -2.01. The minimum Gasteiger partial charge on any atom is -0.340 e. The zero-order valence-electron chi connectivity index (χ0n) is 19.4. The monoisotopic (exact) mass is 474 g/mol. The van der Waals surface area contributed by atoms with Crippen LogP contribution in [-0.4, -0.2) is 34.6 Å². The van der Waals surface area contributed by atoms with E-state index in [0.717, 1.165) is 54.0 Å². The number of hydrogen-bond donors (Lipinski definition) is 0. The first-order chi connectivity index (χ1) is 15.8. The average molecular weight is 474 g/mol. The first-order valence-corrected chi connectivity index (χ1v) is 13.1. The molecule has 3 rings (SSSR count). The predicted octanol–water partition coefficient (Wildman–Crippen LogP) is 6.73. The number of carbonyl (C=O) groups excluding carboxylic acids is 1. The number of nitrogens with zero attached hydrogens (tertiary/aromatic N) is 2. The minimum atomic E-state index is -2.99. The largest absolute Gasteiger partial charge is 0.340 e. The van der Waals surface area contributed by atoms with E-state index in [1.807, 2.05) is 26.0 Å². The second-order valence-electron chi connectivity index (χ2n) is 7.98. The zero-order valence-corrected chi connectivity index (χ0v) is 20.3. The lowest BCUT2D eigenvalue weighted by Gasteiger charge is -2.16. The molecule has 0 fully saturated rings. The van der Waals surface area contributed by atoms with E-state index in [-0.39, 0.29) is 11.5 Å². The van der Waals surface area contributed by atoms with Crippen molar-refractivity contribution in [2.24, 2.45) is 0 Å². The van der Waals surface area contributed by atoms with Gasteiger partial charge < -0.3 is 13.6 Å². The molecule has 0 saturated carbocycles. The summed E-state index contributed by atoms with van der Waals surface area (Å²) in [6.45, 7) is 6.62. The third-order valence-corrected chi connectivity index (χ3v) is 7.85. The Morgan fingerprint density at radius 3 is 2.18 bits per heavy atom. The first kappa shape index (κ1) is 25.1. The molecule has 178 valence electrons. The van der Waals surface area contributed by atoms with Crippen LogP contribution in [0, 0.1) is 10.1 Å². The molecule has 0 N–H and O–H groups in total. The van der Waals surface area contributed by atoms with Crippen molar-refractivity contribution in [2.45, 2.75) is 53.0 Å². The molecule has 8 nitrogen and oxygen atoms in total. The van der Waals surface area contributed by atoms with Gasteiger partial charge in [-0.2, -0.15) is 0 Å². The topological polar surface area (TPSA) is 101 Å². The molecule has 9 heteroatoms. The number of aryl methyl sites for hydroxylation is 1. The van der Waals surface area contributed by atoms with Crippen molar-refractivity contribution < 1.29 is 23.3 Å². The molecular formula is C24H31N2O6P. The highest BCUT2D eigenvalue weighted by Crippen LogP contribution is 2.48. The summed E-state index contributed by atoms with van der Waals surface area (Å²) in [5.74, 6) is -0.0420. The Morgan fingerprint density at radius 2 is 1.58 bits per heavy atom. The molecule has 0 atom stereocenters. The molecule has 0 aliphatic carbocycles. The summed E-state index contributed by atoms with van der Waals surface area (Å²) >= 11 is 0. The van der Waals surface area contributed by atoms with Crippen LogP contribution in [-0.2, 0) is 20.2 Å². The van der Waals surface area contributed by atoms with Crippen LogP contribution in [0.15, 0.2) is 36.4 Å². The van der Waals surface area contributed by atoms with Crippen LogP contribution in [0.5, 0.6) is 0 Å². The van der Waals surface area contributed by atoms with E-state index in [4.69, 9.17) is 9.05 Å². The standard InChI is InChI=1S/C24H31N2O6P/c1-4-31-33(30,32-5-2)15-9-7-6-8-14-25-23-12-10-19(18(3)27)16-21(23)22-17-20(26(28)29)11-13-24(22)25/h10-13,16-17H,4-9,14-15H2,1-3H3. The molecule has 2 aromatic carbocycles. The number of unbranched alkanes of at least 4 members (excludes halogenated alkanes) is 3. The number of benzene rings is 2. The van der Waals surface area contributed by atoms with Crippen molar-refractivity contribution in [2.75, 3.05) is 19.4 Å². The lowest BCUT2D eigenvalue weighted by molar-refractivity contribution is -0.384. The highest BCUT2D eigenvalue weighted by molar-refractivity contribution is 7.53. The van der Waals surface area contributed by atoms with Crippen molar-refractivity contribution in [1.82, 2.24) is 4.57 Å². The van der Waals surface area contributed by atoms with Crippen LogP contribution in [0.1, 0.15) is 56.8 Å². The van der Waals surface area contributed by atoms with E-state index in [9.17, 15) is 19.5 Å². The summed E-state index contributed by atoms with van der Waals surface area (Å²) in [6, 6.07) is 10.4. The fraction of sp³-hybridized carbons (Fsp3) is 0.458. The quantitative estimate of drug-likeness (QED) is 0.0895. The Labute approximate surface area is 193 Å². The van der Waals surface area contributed by atoms with Crippen molar-refractivity contribution >= 4 is 40.9 Å². The van der Waals surface area contributed by atoms with E-state index in [1.165, 1.54) is 13.0 Å². The smallest absolute Gasteiger partial charge is 0.330 e. The number of non-ortho nitro benzene ring substituents is 1. The summed E-state index contributed by atoms with van der Waals surface area (Å²) in [5.41, 5.74) is 2.48. The highest BCUT2D eigenvalue weighted by atomic mass is 31.2. The number of hydrogen-bond acceptors (Lipinski definition) is 6. The number of carbonyl (C=O) groups is 1. The van der Waals surface area contributed by atoms with Gasteiger partial charge in [-0.05, 0) is 57.9 Å². The number of Topliss-reactive ketones (excluding diaryl/α,β-unsaturated/α-hetero) is 1. The van der Waals surface area contributed by atoms with E-state index < -0.39 is 12.5 Å². The Morgan fingerprint density at radius 1 is 0.970 bits per heavy atom. The van der Waals surface area contributed by atoms with Crippen molar-refractivity contribution in [1.29, 1.82) is 0 Å². The number of nitro benzene ring substituents is 1. The maximum absolute atomic E-state index is 12.6. The molecular weight excluding hydrogens is 443 g/mol. The van der Waals surface area contributed by atoms with Gasteiger partial charge in [0.2, 0.25) is 0 Å². The van der Waals surface area contributed by atoms with Gasteiger partial charge in [-0.25, -0.2) is 0 Å². The number of fused-ring (bicyclic) bond motifs is 3. The fourth-order valence-electron chi connectivity index (χ4n) is 4.15. The maximum Gasteiger partial charge on any atom is 0.330 e. The molecule has 0 radical (unpaired) electrons. The highest BCUT2D eigenvalue weighted by Gasteiger charge is 2.22. The van der Waals surface area contributed by atoms with E-state index in [1.54, 1.807) is 18.2 Å². The second kappa shape index (κ2) is 11.1. The van der Waals surface area contributed by atoms with E-state index in [0.29, 0.717) is 24.9 Å². The third-order valence-electron chi connectivity index (χ3n) is 5.68. The molecule has 0 spiro atoms. The molecule has 0 aliphatic rings. The first-order valence-electron chi connectivity index (χ1n) is 11.4. The van der Waals surface area contributed by atoms with Gasteiger partial charge in [-0.1, -0.05) is 12.8 Å². The third kappa shape index (κ3) is 5.88. The SMILES string of the molecule is CCOP(=O)(CCCCCCn1c2ccc(C(C)=O)cc2c2cc([N+](=O)[O-])ccc21)OCC. The zero-order chi connectivity index (χ0) is 24.0. The van der Waals surface area contributed by atoms with Gasteiger partial charge in [0, 0.05) is 46.0 Å². The molecule has 1 heterocycles. The normalized spacial score (nSPS) is 12.0. The molecule has 0 saturated heterocycles. The van der Waals surface area contributed by atoms with E-state index >= 15 is 0 Å². The predicted molar refractivity (Wildman–Crippen MR) is 130 cm³/mol. The number of nitro groups is 1. The lowest BCUT2D eigenvalue weighted by atomic mass is 10.1. The summed E-state index contributed by atoms with van der Waals surface area (Å²) in [5, 5.41) is 12.9. The van der Waals surface area contributed by atoms with Gasteiger partial charge in [0.05, 0.1) is 24.3 Å². The van der Waals surface area contributed by atoms with Crippen LogP contribution in [0.3, 0.4) is 0 Å². The maximum atomic E-state index is 12.6. The fourth-order valence-corrected chi connectivity index (χ4v) is 5.88. The van der Waals surface area contributed by atoms with Crippen molar-refractivity contribution in [3.63, 3.8) is 0 Å². The average Bonchev–Trinajstić information content (AvgIpc) is 3.08. The number of aromatic nitrogens is 1. The second-order valence-corrected chi connectivity index (χ2v) is 10.2. The number of rotatable bonds is 13. The summed E-state index contributed by atoms with van der Waals surface area (Å²) in [6.07, 6.45) is 3.93. The Bertz CT molecular complexity index is 1120. The Kier molecular flexibility index (Phi) is 8.40. The van der Waals surface area contributed by atoms with Gasteiger partial charge in [0.1, 0.15) is 0 Å². The molecule has 0 unspecified atom stereocenters. The molecule has 0 aliphatic heterocycles. The minimum absolute atomic E-state index is 0.0304. The van der Waals surface area contributed by atoms with Crippen molar-refractivity contribution in [3.05, 3.63) is 52.1 Å². The number of ketones is 1. The van der Waals surface area contributed by atoms with Crippen LogP contribution in [0.4, 0.5) is 5.69 Å². The summed E-state index contributed by atoms with van der Waals surface area (Å²) in [7, 11) is -2.99. The van der Waals surface area contributed by atoms with Gasteiger partial charge in [-0.3, -0.25) is 19.5 Å². The molecule has 33 heavy (non-hydrogen) atoms. The van der Waals surface area contributed by atoms with Gasteiger partial charge >= 0.3 is 7.60 Å². The van der Waals surface area contributed by atoms with Crippen LogP contribution in [0.2, 0.25) is 0 Å². The van der Waals surface area contributed by atoms with Gasteiger partial charge in [-0.15, -0.1) is 0 Å². The van der Waals surface area contributed by atoms with Crippen LogP contribution in [0.25, 0.3) is 21.8 Å². The molecule has 0 amide bonds. The van der Waals surface area contributed by atoms with Crippen LogP contribution >= 0.6 is 7.60 Å². The Balaban J connectivity index is 1.75. The van der Waals surface area contributed by atoms with E-state index in [2.05, 4.69) is 4.57 Å². The summed E-state index contributed by atoms with van der Waals surface area (Å²) < 4.78 is 25.4. The molecule has 1 aromatic heterocycles. The van der Waals surface area contributed by atoms with Crippen LogP contribution < -0.4 is 0 Å². The molecule has 0 bridgehead atoms. The van der Waals surface area contributed by atoms with Gasteiger partial charge in [0.15, 0.2) is 5.78 Å².